The Hall–Kier alpha value is -1.42. The monoisotopic (exact) mass is 263 g/mol. The maximum atomic E-state index is 12.3. The molecule has 0 aliphatic carbocycles. The SMILES string of the molecule is C/C=C/C=C(\C=N/C)N1CCNCC(C)(C)C(=O)C1. The van der Waals surface area contributed by atoms with Crippen LogP contribution in [-0.4, -0.2) is 50.1 Å². The van der Waals surface area contributed by atoms with E-state index in [4.69, 9.17) is 0 Å². The number of carbonyl (C=O) groups excluding carboxylic acids is 1. The normalized spacial score (nSPS) is 22.0. The molecule has 19 heavy (non-hydrogen) atoms. The molecule has 0 spiro atoms. The van der Waals surface area contributed by atoms with Gasteiger partial charge in [0.2, 0.25) is 0 Å². The number of nitrogens with zero attached hydrogens (tertiary/aromatic N) is 2. The summed E-state index contributed by atoms with van der Waals surface area (Å²) in [6.45, 7) is 8.85. The van der Waals surface area contributed by atoms with Crippen LogP contribution in [0.4, 0.5) is 0 Å². The first-order valence-corrected chi connectivity index (χ1v) is 6.75. The maximum absolute atomic E-state index is 12.3. The number of nitrogens with one attached hydrogen (secondary N) is 1. The molecule has 0 aromatic heterocycles. The lowest BCUT2D eigenvalue weighted by Crippen LogP contribution is -2.48. The van der Waals surface area contributed by atoms with Crippen LogP contribution in [0.2, 0.25) is 0 Å². The van der Waals surface area contributed by atoms with Gasteiger partial charge in [0.05, 0.1) is 12.2 Å². The molecule has 0 atom stereocenters. The van der Waals surface area contributed by atoms with Gasteiger partial charge in [-0.1, -0.05) is 26.0 Å². The number of ketones is 1. The fourth-order valence-corrected chi connectivity index (χ4v) is 1.96. The smallest absolute Gasteiger partial charge is 0.158 e. The highest BCUT2D eigenvalue weighted by Crippen LogP contribution is 2.18. The number of aliphatic imine (C=N–C) groups is 1. The van der Waals surface area contributed by atoms with Crippen LogP contribution in [-0.2, 0) is 4.79 Å². The Labute approximate surface area is 116 Å². The van der Waals surface area contributed by atoms with Crippen molar-refractivity contribution >= 4 is 12.0 Å². The Bertz CT molecular complexity index is 394. The first kappa shape index (κ1) is 15.6. The summed E-state index contributed by atoms with van der Waals surface area (Å²) >= 11 is 0. The van der Waals surface area contributed by atoms with Gasteiger partial charge in [-0.2, -0.15) is 0 Å². The second kappa shape index (κ2) is 7.24. The van der Waals surface area contributed by atoms with Crippen molar-refractivity contribution in [3.05, 3.63) is 23.9 Å². The van der Waals surface area contributed by atoms with Gasteiger partial charge in [-0.3, -0.25) is 9.79 Å². The fraction of sp³-hybridized carbons (Fsp3) is 0.600. The predicted molar refractivity (Wildman–Crippen MR) is 80.5 cm³/mol. The minimum absolute atomic E-state index is 0.260. The van der Waals surface area contributed by atoms with Crippen molar-refractivity contribution < 1.29 is 4.79 Å². The maximum Gasteiger partial charge on any atom is 0.158 e. The Kier molecular flexibility index (Phi) is 5.96. The number of rotatable bonds is 3. The molecule has 1 aliphatic rings. The van der Waals surface area contributed by atoms with Gasteiger partial charge in [0, 0.05) is 38.3 Å². The molecule has 4 heteroatoms. The van der Waals surface area contributed by atoms with E-state index in [-0.39, 0.29) is 11.2 Å². The Morgan fingerprint density at radius 1 is 1.47 bits per heavy atom. The highest BCUT2D eigenvalue weighted by molar-refractivity contribution is 5.88. The second-order valence-corrected chi connectivity index (χ2v) is 5.41. The third-order valence-electron chi connectivity index (χ3n) is 3.30. The lowest BCUT2D eigenvalue weighted by Gasteiger charge is -2.33. The molecule has 1 aliphatic heterocycles. The molecule has 1 rings (SSSR count). The fourth-order valence-electron chi connectivity index (χ4n) is 1.96. The summed E-state index contributed by atoms with van der Waals surface area (Å²) in [6.07, 6.45) is 7.74. The van der Waals surface area contributed by atoms with E-state index in [0.29, 0.717) is 6.54 Å². The molecule has 0 saturated carbocycles. The molecule has 1 heterocycles. The van der Waals surface area contributed by atoms with Crippen LogP contribution in [0.5, 0.6) is 0 Å². The van der Waals surface area contributed by atoms with Crippen LogP contribution in [0.15, 0.2) is 28.9 Å². The molecule has 0 unspecified atom stereocenters. The van der Waals surface area contributed by atoms with Crippen LogP contribution >= 0.6 is 0 Å². The Balaban J connectivity index is 2.92. The van der Waals surface area contributed by atoms with Crippen molar-refractivity contribution in [2.45, 2.75) is 20.8 Å². The van der Waals surface area contributed by atoms with Crippen molar-refractivity contribution in [3.8, 4) is 0 Å². The van der Waals surface area contributed by atoms with Crippen molar-refractivity contribution in [1.82, 2.24) is 10.2 Å². The molecular weight excluding hydrogens is 238 g/mol. The first-order chi connectivity index (χ1) is 9.01. The van der Waals surface area contributed by atoms with E-state index in [9.17, 15) is 4.79 Å². The van der Waals surface area contributed by atoms with E-state index >= 15 is 0 Å². The lowest BCUT2D eigenvalue weighted by atomic mass is 9.87. The van der Waals surface area contributed by atoms with Crippen molar-refractivity contribution in [3.63, 3.8) is 0 Å². The van der Waals surface area contributed by atoms with Gasteiger partial charge in [0.15, 0.2) is 5.78 Å². The summed E-state index contributed by atoms with van der Waals surface area (Å²) in [4.78, 5) is 18.5. The third-order valence-corrected chi connectivity index (χ3v) is 3.30. The summed E-state index contributed by atoms with van der Waals surface area (Å²) in [5, 5.41) is 3.34. The summed E-state index contributed by atoms with van der Waals surface area (Å²) in [5.41, 5.74) is 0.668. The lowest BCUT2D eigenvalue weighted by molar-refractivity contribution is -0.128. The second-order valence-electron chi connectivity index (χ2n) is 5.41. The highest BCUT2D eigenvalue weighted by atomic mass is 16.1. The highest BCUT2D eigenvalue weighted by Gasteiger charge is 2.30. The first-order valence-electron chi connectivity index (χ1n) is 6.75. The quantitative estimate of drug-likeness (QED) is 0.622. The number of carbonyl (C=O) groups is 1. The average Bonchev–Trinajstić information content (AvgIpc) is 2.36. The minimum atomic E-state index is -0.312. The molecule has 106 valence electrons. The van der Waals surface area contributed by atoms with E-state index < -0.39 is 0 Å². The molecule has 0 aromatic carbocycles. The van der Waals surface area contributed by atoms with Gasteiger partial charge in [-0.25, -0.2) is 0 Å². The largest absolute Gasteiger partial charge is 0.362 e. The van der Waals surface area contributed by atoms with Crippen LogP contribution < -0.4 is 5.32 Å². The molecule has 1 N–H and O–H groups in total. The van der Waals surface area contributed by atoms with E-state index in [1.54, 1.807) is 7.05 Å². The summed E-state index contributed by atoms with van der Waals surface area (Å²) in [6, 6.07) is 0. The molecule has 0 bridgehead atoms. The van der Waals surface area contributed by atoms with Crippen LogP contribution in [0.25, 0.3) is 0 Å². The Morgan fingerprint density at radius 3 is 2.84 bits per heavy atom. The minimum Gasteiger partial charge on any atom is -0.362 e. The summed E-state index contributed by atoms with van der Waals surface area (Å²) in [7, 11) is 1.75. The average molecular weight is 263 g/mol. The van der Waals surface area contributed by atoms with E-state index in [1.165, 1.54) is 0 Å². The molecule has 1 saturated heterocycles. The third kappa shape index (κ3) is 4.63. The van der Waals surface area contributed by atoms with E-state index in [2.05, 4.69) is 15.2 Å². The number of allylic oxidation sites excluding steroid dienone is 4. The molecule has 0 amide bonds. The predicted octanol–water partition coefficient (Wildman–Crippen LogP) is 1.65. The topological polar surface area (TPSA) is 44.7 Å². The van der Waals surface area contributed by atoms with Gasteiger partial charge in [0.1, 0.15) is 0 Å². The Morgan fingerprint density at radius 2 is 2.21 bits per heavy atom. The van der Waals surface area contributed by atoms with Gasteiger partial charge < -0.3 is 10.2 Å². The zero-order chi connectivity index (χ0) is 14.3. The van der Waals surface area contributed by atoms with Gasteiger partial charge in [-0.05, 0) is 13.0 Å². The van der Waals surface area contributed by atoms with Crippen LogP contribution in [0, 0.1) is 5.41 Å². The number of hydrogen-bond donors (Lipinski definition) is 1. The van der Waals surface area contributed by atoms with Gasteiger partial charge in [0.25, 0.3) is 0 Å². The zero-order valence-corrected chi connectivity index (χ0v) is 12.4. The van der Waals surface area contributed by atoms with Crippen molar-refractivity contribution in [2.24, 2.45) is 10.4 Å². The van der Waals surface area contributed by atoms with E-state index in [0.717, 1.165) is 25.3 Å². The molecule has 1 fully saturated rings. The standard InChI is InChI=1S/C15H25N3O/c1-5-6-7-13(10-16-4)18-9-8-17-12-15(2,3)14(19)11-18/h5-7,10,17H,8-9,11-12H2,1-4H3/b6-5+,13-7+,16-10-. The molecule has 4 nitrogen and oxygen atoms in total. The van der Waals surface area contributed by atoms with Crippen molar-refractivity contribution in [2.75, 3.05) is 33.2 Å². The molecule has 0 aromatic rings. The van der Waals surface area contributed by atoms with Gasteiger partial charge in [-0.15, -0.1) is 0 Å². The van der Waals surface area contributed by atoms with Gasteiger partial charge >= 0.3 is 0 Å². The summed E-state index contributed by atoms with van der Waals surface area (Å²) in [5.74, 6) is 0.260. The number of hydrogen-bond acceptors (Lipinski definition) is 4. The molecule has 0 radical (unpaired) electrons. The molecular formula is C15H25N3O. The summed E-state index contributed by atoms with van der Waals surface area (Å²) < 4.78 is 0. The van der Waals surface area contributed by atoms with Crippen molar-refractivity contribution in [1.29, 1.82) is 0 Å². The number of Topliss-reactive ketones (excluding diaryl/α,β-unsaturated/α-hetero) is 1. The van der Waals surface area contributed by atoms with Crippen LogP contribution in [0.3, 0.4) is 0 Å². The zero-order valence-electron chi connectivity index (χ0n) is 12.4. The van der Waals surface area contributed by atoms with Crippen LogP contribution in [0.1, 0.15) is 20.8 Å². The van der Waals surface area contributed by atoms with E-state index in [1.807, 2.05) is 45.2 Å².